The molecule has 1 atom stereocenters. The molecule has 244 valence electrons. The Bertz CT molecular complexity index is 550. The molecule has 0 rings (SSSR count). The molecule has 0 radical (unpaired) electrons. The molecule has 0 aromatic carbocycles. The maximum absolute atomic E-state index is 12.5. The summed E-state index contributed by atoms with van der Waals surface area (Å²) in [4.78, 5) is 24.8. The van der Waals surface area contributed by atoms with Gasteiger partial charge in [0, 0.05) is 25.9 Å². The van der Waals surface area contributed by atoms with Gasteiger partial charge in [0.1, 0.15) is 12.7 Å². The van der Waals surface area contributed by atoms with Gasteiger partial charge in [-0.25, -0.2) is 0 Å². The van der Waals surface area contributed by atoms with Crippen LogP contribution in [0.3, 0.4) is 0 Å². The third kappa shape index (κ3) is 31.7. The zero-order valence-electron chi connectivity index (χ0n) is 27.8. The second-order valence-electron chi connectivity index (χ2n) is 12.1. The Morgan fingerprint density at radius 3 is 1.29 bits per heavy atom. The van der Waals surface area contributed by atoms with Crippen molar-refractivity contribution in [3.05, 3.63) is 0 Å². The van der Waals surface area contributed by atoms with E-state index in [4.69, 9.17) is 14.2 Å². The topological polar surface area (TPSA) is 61.8 Å². The molecule has 0 aliphatic heterocycles. The second-order valence-corrected chi connectivity index (χ2v) is 12.1. The predicted octanol–water partition coefficient (Wildman–Crippen LogP) is 11.1. The SMILES string of the molecule is CCCCCCCCCCCCCC(=O)OCC(CCOCCCC)OC(=O)CCCCCCCCCCCCC. The fourth-order valence-electron chi connectivity index (χ4n) is 5.11. The van der Waals surface area contributed by atoms with Crippen molar-refractivity contribution in [2.45, 2.75) is 200 Å². The number of hydrogen-bond donors (Lipinski definition) is 0. The predicted molar refractivity (Wildman–Crippen MR) is 173 cm³/mol. The first kappa shape index (κ1) is 39.9. The highest BCUT2D eigenvalue weighted by Crippen LogP contribution is 2.14. The first-order valence-corrected chi connectivity index (χ1v) is 18.1. The molecule has 41 heavy (non-hydrogen) atoms. The van der Waals surface area contributed by atoms with E-state index >= 15 is 0 Å². The lowest BCUT2D eigenvalue weighted by molar-refractivity contribution is -0.160. The van der Waals surface area contributed by atoms with Gasteiger partial charge in [-0.3, -0.25) is 9.59 Å². The molecule has 0 aliphatic carbocycles. The first-order valence-electron chi connectivity index (χ1n) is 18.1. The van der Waals surface area contributed by atoms with E-state index in [0.717, 1.165) is 38.5 Å². The molecule has 0 aromatic rings. The number of carbonyl (C=O) groups is 2. The Morgan fingerprint density at radius 2 is 0.854 bits per heavy atom. The number of carbonyl (C=O) groups excluding carboxylic acids is 2. The third-order valence-corrected chi connectivity index (χ3v) is 7.92. The molecule has 0 heterocycles. The normalized spacial score (nSPS) is 12.0. The molecule has 0 saturated heterocycles. The highest BCUT2D eigenvalue weighted by atomic mass is 16.6. The van der Waals surface area contributed by atoms with Crippen LogP contribution >= 0.6 is 0 Å². The smallest absolute Gasteiger partial charge is 0.306 e. The van der Waals surface area contributed by atoms with Crippen LogP contribution in [-0.4, -0.2) is 37.9 Å². The highest BCUT2D eigenvalue weighted by Gasteiger charge is 2.17. The van der Waals surface area contributed by atoms with Crippen molar-refractivity contribution in [1.82, 2.24) is 0 Å². The van der Waals surface area contributed by atoms with Gasteiger partial charge in [-0.05, 0) is 19.3 Å². The summed E-state index contributed by atoms with van der Waals surface area (Å²) in [6.07, 6.45) is 30.8. The Balaban J connectivity index is 4.01. The number of esters is 2. The van der Waals surface area contributed by atoms with Gasteiger partial charge in [0.05, 0.1) is 6.61 Å². The molecule has 1 unspecified atom stereocenters. The summed E-state index contributed by atoms with van der Waals surface area (Å²) >= 11 is 0. The summed E-state index contributed by atoms with van der Waals surface area (Å²) in [5.41, 5.74) is 0. The molecule has 0 N–H and O–H groups in total. The third-order valence-electron chi connectivity index (χ3n) is 7.92. The van der Waals surface area contributed by atoms with E-state index in [1.807, 2.05) is 0 Å². The van der Waals surface area contributed by atoms with Gasteiger partial charge in [0.2, 0.25) is 0 Å². The zero-order chi connectivity index (χ0) is 30.1. The Kier molecular flexibility index (Phi) is 32.5. The minimum absolute atomic E-state index is 0.137. The van der Waals surface area contributed by atoms with E-state index in [0.29, 0.717) is 32.5 Å². The molecule has 5 nitrogen and oxygen atoms in total. The number of rotatable bonds is 33. The van der Waals surface area contributed by atoms with Crippen LogP contribution in [0.1, 0.15) is 194 Å². The largest absolute Gasteiger partial charge is 0.462 e. The standard InChI is InChI=1S/C36H70O5/c1-4-7-10-12-14-16-18-20-22-24-26-28-35(37)40-33-34(30-32-39-31-9-6-3)41-36(38)29-27-25-23-21-19-17-15-13-11-8-5-2/h34H,4-33H2,1-3H3. The van der Waals surface area contributed by atoms with Crippen LogP contribution in [0.4, 0.5) is 0 Å². The van der Waals surface area contributed by atoms with E-state index < -0.39 is 6.10 Å². The van der Waals surface area contributed by atoms with Crippen molar-refractivity contribution in [2.24, 2.45) is 0 Å². The fourth-order valence-corrected chi connectivity index (χ4v) is 5.11. The number of hydrogen-bond acceptors (Lipinski definition) is 5. The molecule has 0 spiro atoms. The van der Waals surface area contributed by atoms with Crippen molar-refractivity contribution in [3.63, 3.8) is 0 Å². The highest BCUT2D eigenvalue weighted by molar-refractivity contribution is 5.70. The Labute approximate surface area is 255 Å². The van der Waals surface area contributed by atoms with Crippen LogP contribution in [-0.2, 0) is 23.8 Å². The molecular weight excluding hydrogens is 512 g/mol. The number of ether oxygens (including phenoxy) is 3. The molecule has 0 saturated carbocycles. The summed E-state index contributed by atoms with van der Waals surface area (Å²) in [5, 5.41) is 0. The fraction of sp³-hybridized carbons (Fsp3) is 0.944. The van der Waals surface area contributed by atoms with Crippen LogP contribution in [0.15, 0.2) is 0 Å². The van der Waals surface area contributed by atoms with Crippen molar-refractivity contribution >= 4 is 11.9 Å². The maximum atomic E-state index is 12.5. The minimum atomic E-state index is -0.418. The van der Waals surface area contributed by atoms with Gasteiger partial charge < -0.3 is 14.2 Å². The summed E-state index contributed by atoms with van der Waals surface area (Å²) in [7, 11) is 0. The molecule has 0 bridgehead atoms. The number of unbranched alkanes of at least 4 members (excludes halogenated alkanes) is 21. The lowest BCUT2D eigenvalue weighted by Gasteiger charge is -2.18. The van der Waals surface area contributed by atoms with Crippen molar-refractivity contribution in [2.75, 3.05) is 19.8 Å². The van der Waals surface area contributed by atoms with Gasteiger partial charge in [-0.15, -0.1) is 0 Å². The van der Waals surface area contributed by atoms with Crippen molar-refractivity contribution < 1.29 is 23.8 Å². The maximum Gasteiger partial charge on any atom is 0.306 e. The van der Waals surface area contributed by atoms with Gasteiger partial charge in [-0.2, -0.15) is 0 Å². The summed E-state index contributed by atoms with van der Waals surface area (Å²) in [6, 6.07) is 0. The average Bonchev–Trinajstić information content (AvgIpc) is 2.97. The molecular formula is C36H70O5. The molecule has 0 aliphatic rings. The van der Waals surface area contributed by atoms with E-state index in [1.54, 1.807) is 0 Å². The average molecular weight is 583 g/mol. The lowest BCUT2D eigenvalue weighted by atomic mass is 10.1. The van der Waals surface area contributed by atoms with Crippen LogP contribution < -0.4 is 0 Å². The van der Waals surface area contributed by atoms with Gasteiger partial charge >= 0.3 is 11.9 Å². The van der Waals surface area contributed by atoms with E-state index in [2.05, 4.69) is 20.8 Å². The Morgan fingerprint density at radius 1 is 0.463 bits per heavy atom. The Hall–Kier alpha value is -1.10. The first-order chi connectivity index (χ1) is 20.1. The second kappa shape index (κ2) is 33.4. The van der Waals surface area contributed by atoms with E-state index in [9.17, 15) is 9.59 Å². The van der Waals surface area contributed by atoms with Crippen molar-refractivity contribution in [1.29, 1.82) is 0 Å². The van der Waals surface area contributed by atoms with Crippen LogP contribution in [0.25, 0.3) is 0 Å². The van der Waals surface area contributed by atoms with E-state index in [1.165, 1.54) is 116 Å². The molecule has 0 aromatic heterocycles. The molecule has 0 amide bonds. The van der Waals surface area contributed by atoms with Gasteiger partial charge in [0.15, 0.2) is 0 Å². The van der Waals surface area contributed by atoms with Crippen molar-refractivity contribution in [3.8, 4) is 0 Å². The quantitative estimate of drug-likeness (QED) is 0.0569. The molecule has 5 heteroatoms. The van der Waals surface area contributed by atoms with Crippen LogP contribution in [0, 0.1) is 0 Å². The summed E-state index contributed by atoms with van der Waals surface area (Å²) in [6.45, 7) is 8.03. The summed E-state index contributed by atoms with van der Waals surface area (Å²) < 4.78 is 16.9. The molecule has 0 fully saturated rings. The van der Waals surface area contributed by atoms with Crippen LogP contribution in [0.2, 0.25) is 0 Å². The lowest BCUT2D eigenvalue weighted by Crippen LogP contribution is -2.26. The zero-order valence-corrected chi connectivity index (χ0v) is 27.8. The monoisotopic (exact) mass is 583 g/mol. The van der Waals surface area contributed by atoms with Crippen LogP contribution in [0.5, 0.6) is 0 Å². The summed E-state index contributed by atoms with van der Waals surface area (Å²) in [5.74, 6) is -0.361. The van der Waals surface area contributed by atoms with Gasteiger partial charge in [0.25, 0.3) is 0 Å². The van der Waals surface area contributed by atoms with Gasteiger partial charge in [-0.1, -0.05) is 156 Å². The van der Waals surface area contributed by atoms with E-state index in [-0.39, 0.29) is 18.5 Å². The minimum Gasteiger partial charge on any atom is -0.462 e.